The molecule has 0 atom stereocenters. The van der Waals surface area contributed by atoms with Crippen molar-refractivity contribution in [3.05, 3.63) is 58.5 Å². The van der Waals surface area contributed by atoms with Gasteiger partial charge in [0.05, 0.1) is 5.52 Å². The molecule has 3 aromatic rings. The zero-order valence-corrected chi connectivity index (χ0v) is 20.0. The molecular formula is C26H33N5O3. The minimum atomic E-state index is -0.250. The molecule has 2 amide bonds. The normalized spacial score (nSPS) is 14.5. The maximum absolute atomic E-state index is 12.6. The van der Waals surface area contributed by atoms with Crippen LogP contribution in [0.25, 0.3) is 11.2 Å². The Morgan fingerprint density at radius 3 is 2.35 bits per heavy atom. The van der Waals surface area contributed by atoms with Crippen LogP contribution in [0.2, 0.25) is 0 Å². The van der Waals surface area contributed by atoms with E-state index in [1.54, 1.807) is 21.3 Å². The number of fused-ring (bicyclic) bond motifs is 1. The first kappa shape index (κ1) is 23.7. The van der Waals surface area contributed by atoms with Gasteiger partial charge in [-0.25, -0.2) is 9.78 Å². The Kier molecular flexibility index (Phi) is 7.45. The fourth-order valence-corrected chi connectivity index (χ4v) is 4.77. The van der Waals surface area contributed by atoms with Gasteiger partial charge in [-0.2, -0.15) is 0 Å². The van der Waals surface area contributed by atoms with E-state index in [0.29, 0.717) is 30.5 Å². The molecule has 1 aliphatic heterocycles. The molecule has 1 N–H and O–H groups in total. The summed E-state index contributed by atoms with van der Waals surface area (Å²) in [6.07, 6.45) is 3.33. The topological polar surface area (TPSA) is 89.2 Å². The number of nitrogens with one attached hydrogen (secondary N) is 1. The fourth-order valence-electron chi connectivity index (χ4n) is 4.77. The molecule has 8 nitrogen and oxygen atoms in total. The van der Waals surface area contributed by atoms with Crippen molar-refractivity contribution >= 4 is 28.8 Å². The molecule has 8 heteroatoms. The van der Waals surface area contributed by atoms with E-state index in [1.807, 2.05) is 24.8 Å². The predicted molar refractivity (Wildman–Crippen MR) is 133 cm³/mol. The number of carbonyl (C=O) groups excluding carboxylic acids is 2. The van der Waals surface area contributed by atoms with Gasteiger partial charge in [0.25, 0.3) is 0 Å². The average Bonchev–Trinajstić information content (AvgIpc) is 3.13. The number of benzene rings is 1. The van der Waals surface area contributed by atoms with E-state index in [0.717, 1.165) is 37.9 Å². The smallest absolute Gasteiger partial charge is 0.330 e. The summed E-state index contributed by atoms with van der Waals surface area (Å²) in [4.78, 5) is 44.0. The Hall–Kier alpha value is -3.42. The molecule has 4 rings (SSSR count). The van der Waals surface area contributed by atoms with E-state index < -0.39 is 0 Å². The summed E-state index contributed by atoms with van der Waals surface area (Å²) in [7, 11) is 0. The molecule has 0 bridgehead atoms. The monoisotopic (exact) mass is 463 g/mol. The Labute approximate surface area is 199 Å². The molecule has 0 unspecified atom stereocenters. The summed E-state index contributed by atoms with van der Waals surface area (Å²) in [5.74, 6) is 0.761. The van der Waals surface area contributed by atoms with Crippen molar-refractivity contribution in [2.45, 2.75) is 59.0 Å². The van der Waals surface area contributed by atoms with Gasteiger partial charge in [-0.05, 0) is 56.7 Å². The number of piperidine rings is 1. The van der Waals surface area contributed by atoms with Crippen molar-refractivity contribution in [1.82, 2.24) is 19.0 Å². The van der Waals surface area contributed by atoms with Crippen LogP contribution >= 0.6 is 0 Å². The van der Waals surface area contributed by atoms with Gasteiger partial charge in [0.2, 0.25) is 11.8 Å². The summed E-state index contributed by atoms with van der Waals surface area (Å²) >= 11 is 0. The lowest BCUT2D eigenvalue weighted by Gasteiger charge is -2.32. The van der Waals surface area contributed by atoms with Crippen LogP contribution in [0.3, 0.4) is 0 Å². The highest BCUT2D eigenvalue weighted by molar-refractivity contribution is 5.93. The molecule has 1 aliphatic rings. The fraction of sp³-hybridized carbons (Fsp3) is 0.462. The van der Waals surface area contributed by atoms with Crippen molar-refractivity contribution < 1.29 is 9.59 Å². The number of pyridine rings is 1. The number of nitrogens with zero attached hydrogens (tertiary/aromatic N) is 4. The van der Waals surface area contributed by atoms with Gasteiger partial charge >= 0.3 is 5.69 Å². The van der Waals surface area contributed by atoms with Crippen LogP contribution in [0, 0.1) is 5.92 Å². The van der Waals surface area contributed by atoms with Crippen LogP contribution in [-0.4, -0.2) is 43.9 Å². The molecule has 180 valence electrons. The molecule has 1 saturated heterocycles. The first-order valence-electron chi connectivity index (χ1n) is 12.2. The highest BCUT2D eigenvalue weighted by atomic mass is 16.2. The van der Waals surface area contributed by atoms with Crippen LogP contribution in [0.1, 0.15) is 45.1 Å². The number of hydrogen-bond donors (Lipinski definition) is 1. The van der Waals surface area contributed by atoms with Crippen molar-refractivity contribution in [3.63, 3.8) is 0 Å². The van der Waals surface area contributed by atoms with Gasteiger partial charge in [0.15, 0.2) is 5.65 Å². The molecule has 0 saturated carbocycles. The zero-order chi connectivity index (χ0) is 24.1. The minimum absolute atomic E-state index is 0.0246. The molecule has 2 aromatic heterocycles. The third-order valence-electron chi connectivity index (χ3n) is 6.66. The van der Waals surface area contributed by atoms with E-state index in [2.05, 4.69) is 34.6 Å². The van der Waals surface area contributed by atoms with Crippen LogP contribution < -0.4 is 11.0 Å². The van der Waals surface area contributed by atoms with Gasteiger partial charge in [0, 0.05) is 39.0 Å². The Morgan fingerprint density at radius 1 is 0.971 bits per heavy atom. The second-order valence-corrected chi connectivity index (χ2v) is 8.87. The maximum Gasteiger partial charge on any atom is 0.330 e. The summed E-state index contributed by atoms with van der Waals surface area (Å²) in [6, 6.07) is 14.0. The molecule has 1 aromatic carbocycles. The second-order valence-electron chi connectivity index (χ2n) is 8.87. The number of likely N-dealkylation sites (tertiary alicyclic amines) is 1. The number of aryl methyl sites for hydroxylation is 2. The molecule has 0 spiro atoms. The van der Waals surface area contributed by atoms with Crippen molar-refractivity contribution in [2.24, 2.45) is 5.92 Å². The lowest BCUT2D eigenvalue weighted by Crippen LogP contribution is -2.39. The van der Waals surface area contributed by atoms with Crippen LogP contribution in [0.15, 0.2) is 47.3 Å². The molecular weight excluding hydrogens is 430 g/mol. The zero-order valence-electron chi connectivity index (χ0n) is 20.0. The van der Waals surface area contributed by atoms with Crippen molar-refractivity contribution in [3.8, 4) is 0 Å². The number of rotatable bonds is 8. The maximum atomic E-state index is 12.6. The third kappa shape index (κ3) is 5.21. The molecule has 34 heavy (non-hydrogen) atoms. The number of hydrogen-bond acceptors (Lipinski definition) is 4. The number of aromatic nitrogens is 3. The van der Waals surface area contributed by atoms with Gasteiger partial charge in [0.1, 0.15) is 5.82 Å². The second kappa shape index (κ2) is 10.7. The van der Waals surface area contributed by atoms with Crippen LogP contribution in [0.5, 0.6) is 0 Å². The Bertz CT molecular complexity index is 1210. The van der Waals surface area contributed by atoms with Gasteiger partial charge in [-0.3, -0.25) is 18.7 Å². The van der Waals surface area contributed by atoms with E-state index >= 15 is 0 Å². The summed E-state index contributed by atoms with van der Waals surface area (Å²) < 4.78 is 3.26. The number of imidazole rings is 1. The van der Waals surface area contributed by atoms with E-state index in [9.17, 15) is 14.4 Å². The van der Waals surface area contributed by atoms with Crippen LogP contribution in [-0.2, 0) is 29.1 Å². The summed E-state index contributed by atoms with van der Waals surface area (Å²) in [5, 5.41) is 2.78. The highest BCUT2D eigenvalue weighted by Gasteiger charge is 2.23. The average molecular weight is 464 g/mol. The quantitative estimate of drug-likeness (QED) is 0.554. The lowest BCUT2D eigenvalue weighted by atomic mass is 9.90. The predicted octanol–water partition coefficient (Wildman–Crippen LogP) is 3.44. The highest BCUT2D eigenvalue weighted by Crippen LogP contribution is 2.22. The first-order chi connectivity index (χ1) is 16.5. The molecule has 0 radical (unpaired) electrons. The summed E-state index contributed by atoms with van der Waals surface area (Å²) in [6.45, 7) is 6.37. The van der Waals surface area contributed by atoms with E-state index in [4.69, 9.17) is 0 Å². The van der Waals surface area contributed by atoms with Crippen LogP contribution in [0.4, 0.5) is 5.82 Å². The SMILES string of the molecule is CCn1c(=O)n(CC)c2nc(NC(=O)CCC(=O)N3CCC(Cc4ccccc4)CC3)ccc21. The lowest BCUT2D eigenvalue weighted by molar-refractivity contribution is -0.134. The summed E-state index contributed by atoms with van der Waals surface area (Å²) in [5.41, 5.74) is 2.55. The standard InChI is InChI=1S/C26H33N5O3/c1-3-30-21-10-11-22(28-25(21)31(4-2)26(30)34)27-23(32)12-13-24(33)29-16-14-20(15-17-29)18-19-8-6-5-7-9-19/h5-11,20H,3-4,12-18H2,1-2H3,(H,27,28,32). The third-order valence-corrected chi connectivity index (χ3v) is 6.66. The molecule has 0 aliphatic carbocycles. The van der Waals surface area contributed by atoms with E-state index in [-0.39, 0.29) is 30.3 Å². The largest absolute Gasteiger partial charge is 0.343 e. The minimum Gasteiger partial charge on any atom is -0.343 e. The molecule has 1 fully saturated rings. The van der Waals surface area contributed by atoms with Gasteiger partial charge in [-0.1, -0.05) is 30.3 Å². The van der Waals surface area contributed by atoms with Gasteiger partial charge < -0.3 is 10.2 Å². The van der Waals surface area contributed by atoms with Gasteiger partial charge in [-0.15, -0.1) is 0 Å². The van der Waals surface area contributed by atoms with Crippen molar-refractivity contribution in [2.75, 3.05) is 18.4 Å². The van der Waals surface area contributed by atoms with Crippen molar-refractivity contribution in [1.29, 1.82) is 0 Å². The molecule has 3 heterocycles. The Morgan fingerprint density at radius 2 is 1.68 bits per heavy atom. The number of amides is 2. The number of anilines is 1. The number of carbonyl (C=O) groups is 2. The van der Waals surface area contributed by atoms with E-state index in [1.165, 1.54) is 5.56 Å². The first-order valence-corrected chi connectivity index (χ1v) is 12.2. The Balaban J connectivity index is 1.27.